The van der Waals surface area contributed by atoms with Gasteiger partial charge in [0.2, 0.25) is 5.91 Å². The van der Waals surface area contributed by atoms with Crippen LogP contribution in [0.1, 0.15) is 38.1 Å². The van der Waals surface area contributed by atoms with Gasteiger partial charge in [-0.25, -0.2) is 42.1 Å². The van der Waals surface area contributed by atoms with Crippen LogP contribution in [0.2, 0.25) is 0 Å². The van der Waals surface area contributed by atoms with E-state index in [-0.39, 0.29) is 42.1 Å². The molecule has 2 unspecified atom stereocenters. The van der Waals surface area contributed by atoms with Crippen molar-refractivity contribution in [1.82, 2.24) is 34.4 Å². The molecular formula is C29H41N9O17P2S. The van der Waals surface area contributed by atoms with Gasteiger partial charge in [-0.15, -0.1) is 6.58 Å². The molecule has 2 saturated heterocycles. The molecule has 0 saturated carbocycles. The van der Waals surface area contributed by atoms with Crippen molar-refractivity contribution in [3.8, 4) is 0 Å². The Kier molecular flexibility index (Phi) is 14.2. The lowest BCUT2D eigenvalue weighted by atomic mass is 10.1. The van der Waals surface area contributed by atoms with Gasteiger partial charge in [0, 0.05) is 25.3 Å². The zero-order valence-electron chi connectivity index (χ0n) is 30.4. The van der Waals surface area contributed by atoms with Crippen LogP contribution in [-0.4, -0.2) is 131 Å². The average Bonchev–Trinajstić information content (AvgIpc) is 3.82. The predicted molar refractivity (Wildman–Crippen MR) is 195 cm³/mol. The standard InChI is InChI=1S/C29H41N9O17P2S/c1-3-4-5-20(39)35-15(7-9-58(2,48)49)28(41)54-24-18(53-27(23(24)40)38-14-34-22-25(31)32-13-33-26(22)38)12-51-57(46,47)55-16-10-21(37-8-6-19(30)36-29(37)42)52-17(16)11-50-56(43,44)45/h3,6,8,13-18,21,23-24,27,40H,1,4-5,7,9-12H2,2H3,(H,35,39)(H,46,47)(H2,30,36,42)(H2,31,32,33)(H2,43,44,45)/t15?,16-,17+,18-,21+,23+,24+,27+/m0/s1. The van der Waals surface area contributed by atoms with Crippen molar-refractivity contribution >= 4 is 60.2 Å². The number of aliphatic hydroxyl groups is 1. The van der Waals surface area contributed by atoms with Gasteiger partial charge < -0.3 is 50.8 Å². The Morgan fingerprint density at radius 3 is 2.52 bits per heavy atom. The Balaban J connectivity index is 1.38. The van der Waals surface area contributed by atoms with Gasteiger partial charge in [-0.05, 0) is 18.9 Å². The largest absolute Gasteiger partial charge is 0.472 e. The number of anilines is 2. The molecule has 3 aromatic heterocycles. The third-order valence-corrected chi connectivity index (χ3v) is 11.1. The number of phosphoric acid groups is 2. The van der Waals surface area contributed by atoms with Gasteiger partial charge >= 0.3 is 27.3 Å². The van der Waals surface area contributed by atoms with Crippen molar-refractivity contribution in [1.29, 1.82) is 0 Å². The second-order valence-electron chi connectivity index (χ2n) is 13.0. The van der Waals surface area contributed by atoms with Crippen LogP contribution in [0.15, 0.2) is 42.4 Å². The van der Waals surface area contributed by atoms with Gasteiger partial charge in [-0.3, -0.25) is 27.5 Å². The monoisotopic (exact) mass is 881 g/mol. The Morgan fingerprint density at radius 2 is 1.84 bits per heavy atom. The molecule has 5 heterocycles. The molecule has 0 aliphatic carbocycles. The number of fused-ring (bicyclic) bond motifs is 1. The van der Waals surface area contributed by atoms with Gasteiger partial charge in [0.25, 0.3) is 0 Å². The summed E-state index contributed by atoms with van der Waals surface area (Å²) < 4.78 is 83.3. The number of rotatable bonds is 19. The first-order chi connectivity index (χ1) is 27.1. The van der Waals surface area contributed by atoms with Crippen LogP contribution in [0.3, 0.4) is 0 Å². The fraction of sp³-hybridized carbons (Fsp3) is 0.552. The van der Waals surface area contributed by atoms with Crippen LogP contribution < -0.4 is 22.5 Å². The molecule has 0 spiro atoms. The van der Waals surface area contributed by atoms with E-state index in [9.17, 15) is 51.7 Å². The number of hydrogen-bond acceptors (Lipinski definition) is 20. The Bertz CT molecular complexity index is 2260. The van der Waals surface area contributed by atoms with E-state index in [1.807, 2.05) is 0 Å². The van der Waals surface area contributed by atoms with Crippen molar-refractivity contribution in [3.05, 3.63) is 48.1 Å². The first kappa shape index (κ1) is 44.9. The van der Waals surface area contributed by atoms with Crippen molar-refractivity contribution in [2.45, 2.75) is 74.7 Å². The second kappa shape index (κ2) is 18.4. The molecule has 26 nitrogen and oxygen atoms in total. The quantitative estimate of drug-likeness (QED) is 0.0397. The molecule has 9 atom stereocenters. The molecule has 320 valence electrons. The minimum absolute atomic E-state index is 0.0291. The number of sulfone groups is 1. The highest BCUT2D eigenvalue weighted by atomic mass is 32.2. The first-order valence-corrected chi connectivity index (χ1v) is 22.1. The highest BCUT2D eigenvalue weighted by Crippen LogP contribution is 2.50. The Hall–Kier alpha value is -4.24. The number of phosphoric ester groups is 2. The minimum atomic E-state index is -5.26. The number of carbonyl (C=O) groups excluding carboxylic acids is 2. The molecular weight excluding hydrogens is 840 g/mol. The molecule has 9 N–H and O–H groups in total. The van der Waals surface area contributed by atoms with E-state index in [1.54, 1.807) is 0 Å². The van der Waals surface area contributed by atoms with Gasteiger partial charge in [0.05, 0.1) is 25.3 Å². The van der Waals surface area contributed by atoms with Crippen molar-refractivity contribution < 1.29 is 74.7 Å². The summed E-state index contributed by atoms with van der Waals surface area (Å²) in [5.74, 6) is -2.54. The summed E-state index contributed by atoms with van der Waals surface area (Å²) in [7, 11) is -14.0. The molecule has 5 rings (SSSR count). The summed E-state index contributed by atoms with van der Waals surface area (Å²) in [6, 6.07) is -0.286. The number of aromatic nitrogens is 6. The topological polar surface area (TPSA) is 381 Å². The van der Waals surface area contributed by atoms with Gasteiger partial charge in [0.15, 0.2) is 23.8 Å². The molecule has 2 fully saturated rings. The highest BCUT2D eigenvalue weighted by Gasteiger charge is 2.50. The molecule has 2 aliphatic rings. The number of esters is 1. The summed E-state index contributed by atoms with van der Waals surface area (Å²) in [6.45, 7) is 1.70. The van der Waals surface area contributed by atoms with E-state index in [1.165, 1.54) is 29.2 Å². The maximum atomic E-state index is 13.6. The third-order valence-electron chi connectivity index (χ3n) is 8.62. The van der Waals surface area contributed by atoms with E-state index < -0.39 is 117 Å². The number of amides is 1. The molecule has 0 radical (unpaired) electrons. The van der Waals surface area contributed by atoms with E-state index in [0.29, 0.717) is 0 Å². The summed E-state index contributed by atoms with van der Waals surface area (Å²) in [4.78, 5) is 83.7. The number of nitrogens with zero attached hydrogens (tertiary/aromatic N) is 6. The van der Waals surface area contributed by atoms with Crippen molar-refractivity contribution in [2.75, 3.05) is 36.7 Å². The molecule has 58 heavy (non-hydrogen) atoms. The summed E-state index contributed by atoms with van der Waals surface area (Å²) in [6.07, 6.45) is -5.67. The van der Waals surface area contributed by atoms with Crippen LogP contribution >= 0.6 is 15.6 Å². The van der Waals surface area contributed by atoms with Gasteiger partial charge in [-0.2, -0.15) is 4.98 Å². The number of nitrogen functional groups attached to an aromatic ring is 2. The van der Waals surface area contributed by atoms with Crippen LogP contribution in [0, 0.1) is 0 Å². The SMILES string of the molecule is C=CCCC(=O)NC(CCS(C)(=O)=O)C(=O)O[C@H]1[C@@H](O)[C@H](n2cnc3c(N)ncnc32)O[C@H]1COP(=O)(O)O[C@H]1C[C@H](n2ccc(N)nc2=O)O[C@@H]1COP(=O)(O)O. The zero-order chi connectivity index (χ0) is 42.6. The molecule has 29 heteroatoms. The lowest BCUT2D eigenvalue weighted by molar-refractivity contribution is -0.160. The van der Waals surface area contributed by atoms with Crippen LogP contribution in [0.25, 0.3) is 11.2 Å². The second-order valence-corrected chi connectivity index (χ2v) is 17.9. The fourth-order valence-electron chi connectivity index (χ4n) is 5.90. The van der Waals surface area contributed by atoms with E-state index in [0.717, 1.165) is 17.2 Å². The minimum Gasteiger partial charge on any atom is -0.455 e. The Morgan fingerprint density at radius 1 is 1.12 bits per heavy atom. The maximum Gasteiger partial charge on any atom is 0.472 e. The highest BCUT2D eigenvalue weighted by molar-refractivity contribution is 7.90. The number of carbonyl (C=O) groups is 2. The van der Waals surface area contributed by atoms with E-state index in [2.05, 4.69) is 36.4 Å². The summed E-state index contributed by atoms with van der Waals surface area (Å²) in [5.41, 5.74) is 10.7. The normalized spacial score (nSPS) is 25.3. The molecule has 2 aliphatic heterocycles. The van der Waals surface area contributed by atoms with Crippen LogP contribution in [-0.2, 0) is 56.3 Å². The number of nitrogens with one attached hydrogen (secondary N) is 1. The predicted octanol–water partition coefficient (Wildman–Crippen LogP) is -1.80. The maximum absolute atomic E-state index is 13.6. The smallest absolute Gasteiger partial charge is 0.455 e. The molecule has 1 amide bonds. The number of allylic oxidation sites excluding steroid dienone is 1. The zero-order valence-corrected chi connectivity index (χ0v) is 33.0. The van der Waals surface area contributed by atoms with E-state index in [4.69, 9.17) is 34.7 Å². The van der Waals surface area contributed by atoms with Gasteiger partial charge in [0.1, 0.15) is 64.2 Å². The lowest BCUT2D eigenvalue weighted by Gasteiger charge is -2.25. The number of imidazole rings is 1. The number of nitrogens with two attached hydrogens (primary N) is 2. The van der Waals surface area contributed by atoms with Crippen LogP contribution in [0.4, 0.5) is 11.6 Å². The number of ether oxygens (including phenoxy) is 3. The summed E-state index contributed by atoms with van der Waals surface area (Å²) in [5, 5.41) is 13.9. The van der Waals surface area contributed by atoms with Gasteiger partial charge in [-0.1, -0.05) is 6.08 Å². The average molecular weight is 882 g/mol. The molecule has 3 aromatic rings. The van der Waals surface area contributed by atoms with Crippen LogP contribution in [0.5, 0.6) is 0 Å². The summed E-state index contributed by atoms with van der Waals surface area (Å²) >= 11 is 0. The van der Waals surface area contributed by atoms with E-state index >= 15 is 0 Å². The van der Waals surface area contributed by atoms with Crippen molar-refractivity contribution in [2.24, 2.45) is 0 Å². The lowest BCUT2D eigenvalue weighted by Crippen LogP contribution is -2.47. The third kappa shape index (κ3) is 11.7. The Labute approximate surface area is 328 Å². The molecule has 0 aromatic carbocycles. The van der Waals surface area contributed by atoms with Crippen molar-refractivity contribution in [3.63, 3.8) is 0 Å². The first-order valence-electron chi connectivity index (χ1n) is 17.1. The fourth-order valence-corrected chi connectivity index (χ4v) is 7.86. The number of aliphatic hydroxyl groups excluding tert-OH is 1. The number of hydrogen-bond donors (Lipinski definition) is 7. The molecule has 0 bridgehead atoms.